The van der Waals surface area contributed by atoms with E-state index in [4.69, 9.17) is 4.74 Å². The first-order chi connectivity index (χ1) is 8.54. The molecule has 0 radical (unpaired) electrons. The van der Waals surface area contributed by atoms with Gasteiger partial charge in [0.1, 0.15) is 5.76 Å². The number of aliphatic hydroxyl groups is 1. The molecule has 96 valence electrons. The number of carbonyl (C=O) groups excluding carboxylic acids is 1. The highest BCUT2D eigenvalue weighted by molar-refractivity contribution is 9.10. The fourth-order valence-electron chi connectivity index (χ4n) is 1.11. The molecule has 0 spiro atoms. The quantitative estimate of drug-likeness (QED) is 0.397. The van der Waals surface area contributed by atoms with Gasteiger partial charge in [-0.1, -0.05) is 22.0 Å². The van der Waals surface area contributed by atoms with E-state index >= 15 is 0 Å². The summed E-state index contributed by atoms with van der Waals surface area (Å²) in [4.78, 5) is 11.5. The van der Waals surface area contributed by atoms with Crippen molar-refractivity contribution in [1.82, 2.24) is 0 Å². The molecule has 5 nitrogen and oxygen atoms in total. The van der Waals surface area contributed by atoms with E-state index in [1.807, 2.05) is 6.07 Å². The maximum atomic E-state index is 11.5. The summed E-state index contributed by atoms with van der Waals surface area (Å²) >= 11 is 3.30. The van der Waals surface area contributed by atoms with Crippen LogP contribution in [-0.4, -0.2) is 17.7 Å². The Kier molecular flexibility index (Phi) is 5.51. The normalized spacial score (nSPS) is 12.4. The second-order valence-corrected chi connectivity index (χ2v) is 4.25. The van der Waals surface area contributed by atoms with Crippen molar-refractivity contribution in [2.75, 3.05) is 6.61 Å². The molecule has 0 amide bonds. The molecule has 0 bridgehead atoms. The van der Waals surface area contributed by atoms with Crippen molar-refractivity contribution in [2.24, 2.45) is 10.2 Å². The third-order valence-corrected chi connectivity index (χ3v) is 2.38. The van der Waals surface area contributed by atoms with E-state index in [2.05, 4.69) is 26.2 Å². The molecule has 1 rings (SSSR count). The first-order valence-electron chi connectivity index (χ1n) is 5.29. The van der Waals surface area contributed by atoms with Crippen LogP contribution in [0.25, 0.3) is 0 Å². The minimum atomic E-state index is -0.698. The van der Waals surface area contributed by atoms with Gasteiger partial charge in [-0.25, -0.2) is 4.79 Å². The summed E-state index contributed by atoms with van der Waals surface area (Å²) in [6, 6.07) is 7.10. The average molecular weight is 313 g/mol. The molecule has 0 heterocycles. The Labute approximate surface area is 113 Å². The van der Waals surface area contributed by atoms with Gasteiger partial charge >= 0.3 is 5.97 Å². The van der Waals surface area contributed by atoms with Crippen molar-refractivity contribution >= 4 is 27.6 Å². The van der Waals surface area contributed by atoms with E-state index in [9.17, 15) is 9.90 Å². The highest BCUT2D eigenvalue weighted by Gasteiger charge is 2.13. The maximum absolute atomic E-state index is 11.5. The van der Waals surface area contributed by atoms with Gasteiger partial charge < -0.3 is 9.84 Å². The lowest BCUT2D eigenvalue weighted by Gasteiger charge is -2.02. The summed E-state index contributed by atoms with van der Waals surface area (Å²) in [5.74, 6) is -0.927. The fourth-order valence-corrected chi connectivity index (χ4v) is 1.49. The van der Waals surface area contributed by atoms with Crippen LogP contribution in [-0.2, 0) is 9.53 Å². The van der Waals surface area contributed by atoms with E-state index < -0.39 is 5.97 Å². The van der Waals surface area contributed by atoms with Crippen LogP contribution in [0, 0.1) is 0 Å². The fraction of sp³-hybridized carbons (Fsp3) is 0.250. The summed E-state index contributed by atoms with van der Waals surface area (Å²) < 4.78 is 5.61. The molecule has 0 aliphatic rings. The minimum Gasteiger partial charge on any atom is -0.510 e. The Morgan fingerprint density at radius 3 is 2.78 bits per heavy atom. The van der Waals surface area contributed by atoms with Crippen LogP contribution < -0.4 is 0 Å². The summed E-state index contributed by atoms with van der Waals surface area (Å²) in [5.41, 5.74) is 0.365. The molecule has 1 aromatic rings. The summed E-state index contributed by atoms with van der Waals surface area (Å²) in [6.07, 6.45) is 0. The number of aliphatic hydroxyl groups excluding tert-OH is 1. The largest absolute Gasteiger partial charge is 0.510 e. The molecule has 0 atom stereocenters. The smallest absolute Gasteiger partial charge is 0.362 e. The topological polar surface area (TPSA) is 71.2 Å². The third-order valence-electron chi connectivity index (χ3n) is 1.89. The number of allylic oxidation sites excluding steroid dienone is 1. The Bertz CT molecular complexity index is 494. The van der Waals surface area contributed by atoms with Gasteiger partial charge in [-0.3, -0.25) is 0 Å². The van der Waals surface area contributed by atoms with Crippen LogP contribution in [0.4, 0.5) is 5.69 Å². The van der Waals surface area contributed by atoms with Crippen LogP contribution in [0.15, 0.2) is 50.4 Å². The number of azo groups is 1. The second-order valence-electron chi connectivity index (χ2n) is 3.33. The van der Waals surface area contributed by atoms with Crippen LogP contribution in [0.3, 0.4) is 0 Å². The zero-order chi connectivity index (χ0) is 13.5. The Morgan fingerprint density at radius 1 is 1.50 bits per heavy atom. The number of nitrogens with zero attached hydrogens (tertiary/aromatic N) is 2. The van der Waals surface area contributed by atoms with Gasteiger partial charge in [-0.05, 0) is 32.0 Å². The average Bonchev–Trinajstić information content (AvgIpc) is 2.29. The van der Waals surface area contributed by atoms with E-state index in [1.165, 1.54) is 6.92 Å². The Hall–Kier alpha value is -1.69. The molecule has 6 heteroatoms. The predicted octanol–water partition coefficient (Wildman–Crippen LogP) is 3.89. The van der Waals surface area contributed by atoms with Gasteiger partial charge in [0, 0.05) is 4.47 Å². The van der Waals surface area contributed by atoms with Gasteiger partial charge in [0.15, 0.2) is 0 Å². The van der Waals surface area contributed by atoms with Crippen LogP contribution >= 0.6 is 15.9 Å². The molecule has 0 aliphatic heterocycles. The lowest BCUT2D eigenvalue weighted by Crippen LogP contribution is -2.07. The number of hydrogen-bond donors (Lipinski definition) is 1. The van der Waals surface area contributed by atoms with Crippen LogP contribution in [0.2, 0.25) is 0 Å². The lowest BCUT2D eigenvalue weighted by molar-refractivity contribution is -0.138. The second kappa shape index (κ2) is 6.90. The van der Waals surface area contributed by atoms with Gasteiger partial charge in [0.05, 0.1) is 12.3 Å². The van der Waals surface area contributed by atoms with Crippen molar-refractivity contribution in [2.45, 2.75) is 13.8 Å². The zero-order valence-corrected chi connectivity index (χ0v) is 11.6. The Morgan fingerprint density at radius 2 is 2.22 bits per heavy atom. The maximum Gasteiger partial charge on any atom is 0.362 e. The summed E-state index contributed by atoms with van der Waals surface area (Å²) in [5, 5.41) is 16.9. The molecule has 1 N–H and O–H groups in total. The number of halogens is 1. The highest BCUT2D eigenvalue weighted by atomic mass is 79.9. The van der Waals surface area contributed by atoms with E-state index in [0.29, 0.717) is 5.69 Å². The summed E-state index contributed by atoms with van der Waals surface area (Å²) in [6.45, 7) is 3.24. The molecule has 0 unspecified atom stereocenters. The van der Waals surface area contributed by atoms with Crippen molar-refractivity contribution in [3.63, 3.8) is 0 Å². The molecule has 0 aliphatic carbocycles. The number of benzene rings is 1. The lowest BCUT2D eigenvalue weighted by atomic mass is 10.3. The molecular weight excluding hydrogens is 300 g/mol. The Balaban J connectivity index is 2.92. The van der Waals surface area contributed by atoms with Crippen molar-refractivity contribution in [1.29, 1.82) is 0 Å². The predicted molar refractivity (Wildman–Crippen MR) is 70.6 cm³/mol. The molecule has 0 saturated heterocycles. The van der Waals surface area contributed by atoms with Gasteiger partial charge in [-0.15, -0.1) is 5.11 Å². The zero-order valence-electron chi connectivity index (χ0n) is 10.1. The number of esters is 1. The van der Waals surface area contributed by atoms with Crippen molar-refractivity contribution in [3.05, 3.63) is 40.2 Å². The number of hydrogen-bond acceptors (Lipinski definition) is 5. The van der Waals surface area contributed by atoms with Crippen molar-refractivity contribution < 1.29 is 14.6 Å². The van der Waals surface area contributed by atoms with Gasteiger partial charge in [0.2, 0.25) is 5.70 Å². The standard InChI is InChI=1S/C12H13BrN2O3/c1-3-18-12(17)11(8(2)16)15-14-10-6-4-5-9(13)7-10/h4-7,16H,3H2,1-2H3. The van der Waals surface area contributed by atoms with Gasteiger partial charge in [-0.2, -0.15) is 5.11 Å². The van der Waals surface area contributed by atoms with Crippen LogP contribution in [0.1, 0.15) is 13.8 Å². The van der Waals surface area contributed by atoms with E-state index in [-0.39, 0.29) is 18.1 Å². The monoisotopic (exact) mass is 312 g/mol. The third kappa shape index (κ3) is 4.29. The minimum absolute atomic E-state index is 0.197. The first kappa shape index (κ1) is 14.4. The highest BCUT2D eigenvalue weighted by Crippen LogP contribution is 2.20. The molecule has 0 fully saturated rings. The number of carbonyl (C=O) groups is 1. The number of rotatable bonds is 4. The van der Waals surface area contributed by atoms with Crippen LogP contribution in [0.5, 0.6) is 0 Å². The van der Waals surface area contributed by atoms with Crippen molar-refractivity contribution in [3.8, 4) is 0 Å². The first-order valence-corrected chi connectivity index (χ1v) is 6.08. The van der Waals surface area contributed by atoms with Gasteiger partial charge in [0.25, 0.3) is 0 Å². The molecule has 18 heavy (non-hydrogen) atoms. The SMILES string of the molecule is CCOC(=O)C(N=Nc1cccc(Br)c1)=C(C)O. The van der Waals surface area contributed by atoms with E-state index in [1.54, 1.807) is 25.1 Å². The molecule has 1 aromatic carbocycles. The van der Waals surface area contributed by atoms with E-state index in [0.717, 1.165) is 4.47 Å². The molecular formula is C12H13BrN2O3. The summed E-state index contributed by atoms with van der Waals surface area (Å²) in [7, 11) is 0. The number of ether oxygens (including phenoxy) is 1. The molecule has 0 aromatic heterocycles. The molecule has 0 saturated carbocycles.